The van der Waals surface area contributed by atoms with Crippen molar-refractivity contribution < 1.29 is 14.0 Å². The van der Waals surface area contributed by atoms with Crippen LogP contribution in [0, 0.1) is 5.82 Å². The molecule has 25 heavy (non-hydrogen) atoms. The van der Waals surface area contributed by atoms with E-state index in [0.29, 0.717) is 17.7 Å². The molecule has 132 valence electrons. The molecule has 6 heteroatoms. The van der Waals surface area contributed by atoms with Gasteiger partial charge in [0.1, 0.15) is 5.82 Å². The first-order valence-electron chi connectivity index (χ1n) is 8.03. The fourth-order valence-electron chi connectivity index (χ4n) is 2.26. The lowest BCUT2D eigenvalue weighted by molar-refractivity contribution is -0.124. The Morgan fingerprint density at radius 3 is 2.32 bits per heavy atom. The fraction of sp³-hybridized carbons (Fsp3) is 0.263. The van der Waals surface area contributed by atoms with Crippen LogP contribution in [0.1, 0.15) is 12.0 Å². The highest BCUT2D eigenvalue weighted by Crippen LogP contribution is 2.15. The highest BCUT2D eigenvalue weighted by Gasteiger charge is 2.08. The van der Waals surface area contributed by atoms with Crippen LogP contribution < -0.4 is 15.5 Å². The second kappa shape index (κ2) is 8.82. The van der Waals surface area contributed by atoms with Crippen molar-refractivity contribution in [1.82, 2.24) is 5.32 Å². The largest absolute Gasteiger partial charge is 0.378 e. The van der Waals surface area contributed by atoms with Crippen LogP contribution in [-0.4, -0.2) is 32.5 Å². The minimum atomic E-state index is -0.325. The van der Waals surface area contributed by atoms with Crippen LogP contribution in [0.2, 0.25) is 0 Å². The van der Waals surface area contributed by atoms with E-state index in [4.69, 9.17) is 0 Å². The summed E-state index contributed by atoms with van der Waals surface area (Å²) in [6.45, 7) is -0.120. The second-order valence-corrected chi connectivity index (χ2v) is 5.86. The Hall–Kier alpha value is -2.89. The number of carbonyl (C=O) groups excluding carboxylic acids is 2. The summed E-state index contributed by atoms with van der Waals surface area (Å²) in [5.74, 6) is -0.924. The van der Waals surface area contributed by atoms with Crippen molar-refractivity contribution in [2.24, 2.45) is 0 Å². The van der Waals surface area contributed by atoms with Crippen molar-refractivity contribution in [3.05, 3.63) is 59.9 Å². The molecule has 0 aliphatic rings. The van der Waals surface area contributed by atoms with Crippen LogP contribution in [-0.2, 0) is 16.0 Å². The zero-order valence-electron chi connectivity index (χ0n) is 14.4. The molecule has 0 aliphatic carbocycles. The first-order valence-corrected chi connectivity index (χ1v) is 8.03. The van der Waals surface area contributed by atoms with Gasteiger partial charge in [0.2, 0.25) is 11.8 Å². The van der Waals surface area contributed by atoms with E-state index in [1.54, 1.807) is 30.3 Å². The molecule has 0 spiro atoms. The number of amides is 2. The van der Waals surface area contributed by atoms with Gasteiger partial charge < -0.3 is 15.5 Å². The number of hydrogen-bond donors (Lipinski definition) is 2. The zero-order chi connectivity index (χ0) is 18.2. The molecular formula is C19H22FN3O2. The third-order valence-electron chi connectivity index (χ3n) is 3.69. The molecule has 0 saturated heterocycles. The smallest absolute Gasteiger partial charge is 0.243 e. The third-order valence-corrected chi connectivity index (χ3v) is 3.69. The number of anilines is 2. The Kier molecular flexibility index (Phi) is 6.51. The van der Waals surface area contributed by atoms with Gasteiger partial charge in [-0.15, -0.1) is 0 Å². The molecule has 2 aromatic carbocycles. The molecule has 0 radical (unpaired) electrons. The lowest BCUT2D eigenvalue weighted by Gasteiger charge is -2.13. The van der Waals surface area contributed by atoms with Gasteiger partial charge in [0.15, 0.2) is 0 Å². The Morgan fingerprint density at radius 2 is 1.68 bits per heavy atom. The highest BCUT2D eigenvalue weighted by atomic mass is 19.1. The van der Waals surface area contributed by atoms with E-state index in [0.717, 1.165) is 5.69 Å². The highest BCUT2D eigenvalue weighted by molar-refractivity contribution is 5.94. The van der Waals surface area contributed by atoms with Crippen LogP contribution in [0.15, 0.2) is 48.5 Å². The Bertz CT molecular complexity index is 730. The monoisotopic (exact) mass is 343 g/mol. The first-order chi connectivity index (χ1) is 12.0. The summed E-state index contributed by atoms with van der Waals surface area (Å²) in [5.41, 5.74) is 2.18. The topological polar surface area (TPSA) is 61.4 Å². The molecule has 2 N–H and O–H groups in total. The summed E-state index contributed by atoms with van der Waals surface area (Å²) in [7, 11) is 3.87. The number of nitrogens with one attached hydrogen (secondary N) is 2. The van der Waals surface area contributed by atoms with E-state index in [-0.39, 0.29) is 30.6 Å². The van der Waals surface area contributed by atoms with Crippen molar-refractivity contribution in [3.8, 4) is 0 Å². The van der Waals surface area contributed by atoms with Crippen molar-refractivity contribution in [2.75, 3.05) is 30.9 Å². The van der Waals surface area contributed by atoms with Crippen molar-refractivity contribution >= 4 is 23.2 Å². The molecule has 2 rings (SSSR count). The standard InChI is InChI=1S/C19H22FN3O2/c1-23(2)16-10-8-15(9-11-16)22-19(25)13-21-18(24)12-7-14-5-3-4-6-17(14)20/h3-6,8-11H,7,12-13H2,1-2H3,(H,21,24)(H,22,25). The normalized spacial score (nSPS) is 10.2. The van der Waals surface area contributed by atoms with Crippen LogP contribution in [0.3, 0.4) is 0 Å². The van der Waals surface area contributed by atoms with Crippen LogP contribution in [0.25, 0.3) is 0 Å². The second-order valence-electron chi connectivity index (χ2n) is 5.86. The van der Waals surface area contributed by atoms with Gasteiger partial charge in [-0.05, 0) is 42.3 Å². The number of nitrogens with zero attached hydrogens (tertiary/aromatic N) is 1. The maximum Gasteiger partial charge on any atom is 0.243 e. The average Bonchev–Trinajstić information content (AvgIpc) is 2.59. The molecule has 0 atom stereocenters. The van der Waals surface area contributed by atoms with Crippen molar-refractivity contribution in [3.63, 3.8) is 0 Å². The summed E-state index contributed by atoms with van der Waals surface area (Å²) in [6, 6.07) is 13.7. The summed E-state index contributed by atoms with van der Waals surface area (Å²) in [4.78, 5) is 25.6. The SMILES string of the molecule is CN(C)c1ccc(NC(=O)CNC(=O)CCc2ccccc2F)cc1. The van der Waals surface area contributed by atoms with Gasteiger partial charge in [-0.2, -0.15) is 0 Å². The zero-order valence-corrected chi connectivity index (χ0v) is 14.4. The van der Waals surface area contributed by atoms with Crippen LogP contribution in [0.5, 0.6) is 0 Å². The molecule has 2 aromatic rings. The Labute approximate surface area is 146 Å². The van der Waals surface area contributed by atoms with Crippen LogP contribution >= 0.6 is 0 Å². The van der Waals surface area contributed by atoms with E-state index in [1.807, 2.05) is 31.1 Å². The maximum atomic E-state index is 13.5. The summed E-state index contributed by atoms with van der Waals surface area (Å²) < 4.78 is 13.5. The predicted molar refractivity (Wildman–Crippen MR) is 97.1 cm³/mol. The summed E-state index contributed by atoms with van der Waals surface area (Å²) >= 11 is 0. The van der Waals surface area contributed by atoms with E-state index >= 15 is 0 Å². The minimum Gasteiger partial charge on any atom is -0.378 e. The molecule has 0 aliphatic heterocycles. The van der Waals surface area contributed by atoms with Gasteiger partial charge in [-0.25, -0.2) is 4.39 Å². The number of halogens is 1. The molecule has 0 heterocycles. The number of carbonyl (C=O) groups is 2. The fourth-order valence-corrected chi connectivity index (χ4v) is 2.26. The molecule has 0 unspecified atom stereocenters. The Morgan fingerprint density at radius 1 is 1.00 bits per heavy atom. The molecule has 0 fully saturated rings. The van der Waals surface area contributed by atoms with Gasteiger partial charge >= 0.3 is 0 Å². The number of aryl methyl sites for hydroxylation is 1. The first kappa shape index (κ1) is 18.4. The van der Waals surface area contributed by atoms with Gasteiger partial charge in [0, 0.05) is 31.9 Å². The number of rotatable bonds is 7. The third kappa shape index (κ3) is 5.91. The van der Waals surface area contributed by atoms with Gasteiger partial charge in [-0.3, -0.25) is 9.59 Å². The number of benzene rings is 2. The van der Waals surface area contributed by atoms with Crippen LogP contribution in [0.4, 0.5) is 15.8 Å². The van der Waals surface area contributed by atoms with Gasteiger partial charge in [0.05, 0.1) is 6.54 Å². The number of hydrogen-bond acceptors (Lipinski definition) is 3. The summed E-state index contributed by atoms with van der Waals surface area (Å²) in [6.07, 6.45) is 0.428. The van der Waals surface area contributed by atoms with Gasteiger partial charge in [0.25, 0.3) is 0 Å². The minimum absolute atomic E-state index is 0.120. The average molecular weight is 343 g/mol. The quantitative estimate of drug-likeness (QED) is 0.812. The van der Waals surface area contributed by atoms with Crippen molar-refractivity contribution in [2.45, 2.75) is 12.8 Å². The molecule has 0 aromatic heterocycles. The van der Waals surface area contributed by atoms with E-state index in [1.165, 1.54) is 6.07 Å². The van der Waals surface area contributed by atoms with E-state index in [2.05, 4.69) is 10.6 Å². The molecule has 5 nitrogen and oxygen atoms in total. The summed E-state index contributed by atoms with van der Waals surface area (Å²) in [5, 5.41) is 5.25. The molecular weight excluding hydrogens is 321 g/mol. The predicted octanol–water partition coefficient (Wildman–Crippen LogP) is 2.58. The maximum absolute atomic E-state index is 13.5. The molecule has 0 saturated carbocycles. The lowest BCUT2D eigenvalue weighted by atomic mass is 10.1. The molecule has 0 bridgehead atoms. The van der Waals surface area contributed by atoms with E-state index in [9.17, 15) is 14.0 Å². The molecule has 2 amide bonds. The van der Waals surface area contributed by atoms with Gasteiger partial charge in [-0.1, -0.05) is 18.2 Å². The lowest BCUT2D eigenvalue weighted by Crippen LogP contribution is -2.33. The van der Waals surface area contributed by atoms with Crippen molar-refractivity contribution in [1.29, 1.82) is 0 Å². The Balaban J connectivity index is 1.74. The van der Waals surface area contributed by atoms with E-state index < -0.39 is 0 Å².